The third kappa shape index (κ3) is 4.13. The Morgan fingerprint density at radius 3 is 2.21 bits per heavy atom. The van der Waals surface area contributed by atoms with E-state index in [0.29, 0.717) is 32.0 Å². The van der Waals surface area contributed by atoms with E-state index in [1.807, 2.05) is 42.3 Å². The van der Waals surface area contributed by atoms with E-state index in [2.05, 4.69) is 6.92 Å². The second-order valence-electron chi connectivity index (χ2n) is 8.58. The van der Waals surface area contributed by atoms with Crippen LogP contribution in [-0.4, -0.2) is 55.5 Å². The summed E-state index contributed by atoms with van der Waals surface area (Å²) >= 11 is 0. The average molecular weight is 407 g/mol. The van der Waals surface area contributed by atoms with Gasteiger partial charge in [0.05, 0.1) is 11.2 Å². The highest BCUT2D eigenvalue weighted by atomic mass is 32.2. The summed E-state index contributed by atoms with van der Waals surface area (Å²) in [6.45, 7) is 4.78. The summed E-state index contributed by atoms with van der Waals surface area (Å²) in [7, 11) is -1.27. The van der Waals surface area contributed by atoms with E-state index in [1.165, 1.54) is 12.8 Å². The molecule has 156 valence electrons. The summed E-state index contributed by atoms with van der Waals surface area (Å²) in [4.78, 5) is 15.8. The number of sulfonamides is 1. The van der Waals surface area contributed by atoms with Crippen molar-refractivity contribution in [3.05, 3.63) is 35.9 Å². The van der Waals surface area contributed by atoms with Crippen molar-refractivity contribution in [2.24, 2.45) is 5.92 Å². The Bertz CT molecular complexity index is 762. The van der Waals surface area contributed by atoms with Crippen LogP contribution in [0.4, 0.5) is 0 Å². The fourth-order valence-electron chi connectivity index (χ4n) is 4.85. The van der Waals surface area contributed by atoms with E-state index in [0.717, 1.165) is 24.3 Å². The normalized spacial score (nSPS) is 26.0. The summed E-state index contributed by atoms with van der Waals surface area (Å²) < 4.78 is 26.2. The molecule has 3 rings (SSSR count). The fourth-order valence-corrected chi connectivity index (χ4v) is 5.95. The zero-order chi connectivity index (χ0) is 20.4. The molecule has 0 aromatic heterocycles. The first-order valence-corrected chi connectivity index (χ1v) is 12.2. The summed E-state index contributed by atoms with van der Waals surface area (Å²) in [6.07, 6.45) is 5.55. The molecule has 1 saturated carbocycles. The summed E-state index contributed by atoms with van der Waals surface area (Å²) in [5.74, 6) is 1.01. The molecule has 0 unspecified atom stereocenters. The molecule has 0 atom stereocenters. The van der Waals surface area contributed by atoms with Crippen molar-refractivity contribution in [1.82, 2.24) is 9.21 Å². The fraction of sp³-hybridized carbons (Fsp3) is 0.682. The van der Waals surface area contributed by atoms with Gasteiger partial charge in [-0.3, -0.25) is 4.79 Å². The van der Waals surface area contributed by atoms with Gasteiger partial charge in [0, 0.05) is 26.2 Å². The minimum atomic E-state index is -3.22. The average Bonchev–Trinajstić information content (AvgIpc) is 2.74. The van der Waals surface area contributed by atoms with Crippen LogP contribution in [0, 0.1) is 5.92 Å². The van der Waals surface area contributed by atoms with Crippen molar-refractivity contribution in [3.8, 4) is 0 Å². The smallest absolute Gasteiger partial charge is 0.233 e. The van der Waals surface area contributed by atoms with Crippen LogP contribution in [0.25, 0.3) is 0 Å². The lowest BCUT2D eigenvalue weighted by Gasteiger charge is -2.45. The van der Waals surface area contributed by atoms with E-state index in [4.69, 9.17) is 0 Å². The topological polar surface area (TPSA) is 57.7 Å². The Balaban J connectivity index is 1.85. The van der Waals surface area contributed by atoms with Crippen LogP contribution in [0.1, 0.15) is 57.9 Å². The number of likely N-dealkylation sites (N-methyl/N-ethyl adjacent to an activating group) is 1. The van der Waals surface area contributed by atoms with Crippen LogP contribution in [-0.2, 0) is 20.2 Å². The zero-order valence-electron chi connectivity index (χ0n) is 17.4. The minimum absolute atomic E-state index is 0.111. The van der Waals surface area contributed by atoms with Crippen molar-refractivity contribution < 1.29 is 13.2 Å². The maximum Gasteiger partial charge on any atom is 0.233 e. The molecule has 6 heteroatoms. The first-order chi connectivity index (χ1) is 13.3. The molecule has 0 bridgehead atoms. The van der Waals surface area contributed by atoms with Gasteiger partial charge in [-0.05, 0) is 56.9 Å². The van der Waals surface area contributed by atoms with E-state index in [9.17, 15) is 13.2 Å². The van der Waals surface area contributed by atoms with Gasteiger partial charge in [0.2, 0.25) is 15.9 Å². The number of carbonyl (C=O) groups excluding carboxylic acids is 1. The van der Waals surface area contributed by atoms with Crippen LogP contribution < -0.4 is 0 Å². The molecule has 1 amide bonds. The molecule has 5 nitrogen and oxygen atoms in total. The number of benzene rings is 1. The van der Waals surface area contributed by atoms with Gasteiger partial charge in [-0.25, -0.2) is 12.7 Å². The van der Waals surface area contributed by atoms with Gasteiger partial charge in [-0.15, -0.1) is 0 Å². The third-order valence-electron chi connectivity index (χ3n) is 6.92. The lowest BCUT2D eigenvalue weighted by atomic mass is 9.71. The molecule has 0 spiro atoms. The molecule has 1 aliphatic carbocycles. The van der Waals surface area contributed by atoms with Gasteiger partial charge in [-0.1, -0.05) is 37.3 Å². The Morgan fingerprint density at radius 2 is 1.68 bits per heavy atom. The summed E-state index contributed by atoms with van der Waals surface area (Å²) in [5, 5.41) is 0. The largest absolute Gasteiger partial charge is 0.342 e. The first kappa shape index (κ1) is 21.3. The second kappa shape index (κ2) is 8.54. The molecule has 1 heterocycles. The van der Waals surface area contributed by atoms with Crippen molar-refractivity contribution >= 4 is 15.9 Å². The zero-order valence-corrected chi connectivity index (χ0v) is 18.2. The van der Waals surface area contributed by atoms with Crippen molar-refractivity contribution in [1.29, 1.82) is 0 Å². The van der Waals surface area contributed by atoms with Crippen LogP contribution in [0.3, 0.4) is 0 Å². The van der Waals surface area contributed by atoms with Crippen LogP contribution in [0.15, 0.2) is 30.3 Å². The number of hydrogen-bond donors (Lipinski definition) is 0. The molecule has 1 saturated heterocycles. The van der Waals surface area contributed by atoms with Gasteiger partial charge >= 0.3 is 0 Å². The lowest BCUT2D eigenvalue weighted by Crippen LogP contribution is -2.55. The Labute approximate surface area is 170 Å². The third-order valence-corrected chi connectivity index (χ3v) is 8.80. The maximum atomic E-state index is 13.8. The van der Waals surface area contributed by atoms with Crippen molar-refractivity contribution in [2.45, 2.75) is 63.8 Å². The Kier molecular flexibility index (Phi) is 6.50. The number of piperidine rings is 1. The number of hydrogen-bond acceptors (Lipinski definition) is 3. The lowest BCUT2D eigenvalue weighted by molar-refractivity contribution is -0.140. The van der Waals surface area contributed by atoms with E-state index in [1.54, 1.807) is 11.2 Å². The number of amides is 1. The highest BCUT2D eigenvalue weighted by Crippen LogP contribution is 2.39. The number of rotatable bonds is 5. The van der Waals surface area contributed by atoms with Gasteiger partial charge in [0.1, 0.15) is 0 Å². The second-order valence-corrected chi connectivity index (χ2v) is 10.8. The monoisotopic (exact) mass is 406 g/mol. The summed E-state index contributed by atoms with van der Waals surface area (Å²) in [5.41, 5.74) is 0.392. The number of carbonyl (C=O) groups is 1. The molecule has 28 heavy (non-hydrogen) atoms. The molecule has 1 aliphatic heterocycles. The predicted molar refractivity (Wildman–Crippen MR) is 113 cm³/mol. The van der Waals surface area contributed by atoms with Crippen molar-refractivity contribution in [3.63, 3.8) is 0 Å². The highest BCUT2D eigenvalue weighted by Gasteiger charge is 2.47. The summed E-state index contributed by atoms with van der Waals surface area (Å²) in [6, 6.07) is 10.3. The van der Waals surface area contributed by atoms with Crippen LogP contribution in [0.5, 0.6) is 0 Å². The molecular formula is C22H34N2O3S. The van der Waals surface area contributed by atoms with E-state index in [-0.39, 0.29) is 11.7 Å². The SMILES string of the molecule is CCS(=O)(=O)N1CCC(C(=O)N(C)C2CCC(C)CC2)(c2ccccc2)CC1. The van der Waals surface area contributed by atoms with Crippen LogP contribution >= 0.6 is 0 Å². The quantitative estimate of drug-likeness (QED) is 0.753. The standard InChI is InChI=1S/C22H34N2O3S/c1-4-28(26,27)24-16-14-22(15-17-24,19-8-6-5-7-9-19)21(25)23(3)20-12-10-18(2)11-13-20/h5-9,18,20H,4,10-17H2,1-3H3. The molecule has 2 fully saturated rings. The van der Waals surface area contributed by atoms with E-state index >= 15 is 0 Å². The number of nitrogens with zero attached hydrogens (tertiary/aromatic N) is 2. The molecule has 1 aromatic carbocycles. The van der Waals surface area contributed by atoms with Crippen LogP contribution in [0.2, 0.25) is 0 Å². The predicted octanol–water partition coefficient (Wildman–Crippen LogP) is 3.41. The molecule has 0 N–H and O–H groups in total. The Hall–Kier alpha value is -1.40. The van der Waals surface area contributed by atoms with Gasteiger partial charge in [-0.2, -0.15) is 0 Å². The first-order valence-electron chi connectivity index (χ1n) is 10.6. The molecular weight excluding hydrogens is 372 g/mol. The van der Waals surface area contributed by atoms with Gasteiger partial charge in [0.15, 0.2) is 0 Å². The molecule has 1 aromatic rings. The van der Waals surface area contributed by atoms with Crippen molar-refractivity contribution in [2.75, 3.05) is 25.9 Å². The minimum Gasteiger partial charge on any atom is -0.342 e. The van der Waals surface area contributed by atoms with Gasteiger partial charge < -0.3 is 4.90 Å². The maximum absolute atomic E-state index is 13.8. The molecule has 0 radical (unpaired) electrons. The Morgan fingerprint density at radius 1 is 1.11 bits per heavy atom. The van der Waals surface area contributed by atoms with Gasteiger partial charge in [0.25, 0.3) is 0 Å². The highest BCUT2D eigenvalue weighted by molar-refractivity contribution is 7.89. The molecule has 2 aliphatic rings. The van der Waals surface area contributed by atoms with E-state index < -0.39 is 15.4 Å².